The number of nitrogens with zero attached hydrogens (tertiary/aromatic N) is 6. The van der Waals surface area contributed by atoms with E-state index in [1.54, 1.807) is 33.9 Å². The third-order valence-electron chi connectivity index (χ3n) is 2.58. The van der Waals surface area contributed by atoms with Crippen molar-refractivity contribution in [1.82, 2.24) is 29.7 Å². The predicted octanol–water partition coefficient (Wildman–Crippen LogP) is 1.56. The van der Waals surface area contributed by atoms with Crippen molar-refractivity contribution >= 4 is 23.2 Å². The summed E-state index contributed by atoms with van der Waals surface area (Å²) >= 11 is 1.56. The summed E-state index contributed by atoms with van der Waals surface area (Å²) in [7, 11) is 0. The van der Waals surface area contributed by atoms with Crippen molar-refractivity contribution in [3.05, 3.63) is 35.0 Å². The summed E-state index contributed by atoms with van der Waals surface area (Å²) in [6.07, 6.45) is 3.47. The maximum absolute atomic E-state index is 4.36. The highest BCUT2D eigenvalue weighted by molar-refractivity contribution is 7.07. The van der Waals surface area contributed by atoms with E-state index in [0.717, 1.165) is 12.2 Å². The molecule has 0 amide bonds. The Morgan fingerprint density at radius 1 is 1.19 bits per heavy atom. The lowest BCUT2D eigenvalue weighted by molar-refractivity contribution is 0.795. The van der Waals surface area contributed by atoms with Crippen molar-refractivity contribution in [1.29, 1.82) is 0 Å². The molecule has 3 aromatic heterocycles. The number of thiazole rings is 1. The lowest BCUT2D eigenvalue weighted by atomic mass is 10.5. The summed E-state index contributed by atoms with van der Waals surface area (Å²) in [6.45, 7) is 3.28. The highest BCUT2D eigenvalue weighted by Crippen LogP contribution is 2.10. The van der Waals surface area contributed by atoms with Gasteiger partial charge in [-0.05, 0) is 13.0 Å². The van der Waals surface area contributed by atoms with E-state index >= 15 is 0 Å². The first kappa shape index (κ1) is 13.4. The van der Waals surface area contributed by atoms with Crippen LogP contribution in [0.25, 0.3) is 5.95 Å². The SMILES string of the molecule is CCNc1nc(NCc2cscn2)nc(-n2cccn2)n1. The number of aromatic nitrogens is 6. The standard InChI is InChI=1S/C12H14N8S/c1-2-13-10-17-11(14-6-9-7-21-8-15-9)19-12(18-10)20-5-3-4-16-20/h3-5,7-8H,2,6H2,1H3,(H2,13,14,17,18,19). The van der Waals surface area contributed by atoms with Gasteiger partial charge in [-0.25, -0.2) is 9.67 Å². The Labute approximate surface area is 125 Å². The second-order valence-electron chi connectivity index (χ2n) is 4.10. The highest BCUT2D eigenvalue weighted by atomic mass is 32.1. The third kappa shape index (κ3) is 3.31. The Kier molecular flexibility index (Phi) is 4.01. The molecule has 8 nitrogen and oxygen atoms in total. The zero-order valence-electron chi connectivity index (χ0n) is 11.4. The summed E-state index contributed by atoms with van der Waals surface area (Å²) in [4.78, 5) is 17.2. The van der Waals surface area contributed by atoms with E-state index in [0.29, 0.717) is 24.4 Å². The zero-order chi connectivity index (χ0) is 14.5. The number of rotatable bonds is 6. The Balaban J connectivity index is 1.84. The first-order valence-corrected chi connectivity index (χ1v) is 7.40. The minimum atomic E-state index is 0.465. The van der Waals surface area contributed by atoms with Gasteiger partial charge in [0.05, 0.1) is 17.7 Å². The summed E-state index contributed by atoms with van der Waals surface area (Å²) in [6, 6.07) is 1.82. The molecule has 108 valence electrons. The summed E-state index contributed by atoms with van der Waals surface area (Å²) in [5.74, 6) is 1.46. The van der Waals surface area contributed by atoms with Crippen molar-refractivity contribution in [2.75, 3.05) is 17.2 Å². The predicted molar refractivity (Wildman–Crippen MR) is 80.6 cm³/mol. The maximum Gasteiger partial charge on any atom is 0.257 e. The van der Waals surface area contributed by atoms with E-state index in [1.165, 1.54) is 0 Å². The van der Waals surface area contributed by atoms with Gasteiger partial charge in [0.25, 0.3) is 5.95 Å². The van der Waals surface area contributed by atoms with Crippen LogP contribution >= 0.6 is 11.3 Å². The van der Waals surface area contributed by atoms with Crippen LogP contribution < -0.4 is 10.6 Å². The summed E-state index contributed by atoms with van der Waals surface area (Å²) < 4.78 is 1.59. The van der Waals surface area contributed by atoms with Gasteiger partial charge in [0.2, 0.25) is 11.9 Å². The van der Waals surface area contributed by atoms with Crippen molar-refractivity contribution in [3.63, 3.8) is 0 Å². The maximum atomic E-state index is 4.36. The van der Waals surface area contributed by atoms with E-state index in [1.807, 2.05) is 18.4 Å². The van der Waals surface area contributed by atoms with E-state index in [-0.39, 0.29) is 0 Å². The average Bonchev–Trinajstić information content (AvgIpc) is 3.19. The van der Waals surface area contributed by atoms with Gasteiger partial charge in [-0.15, -0.1) is 11.3 Å². The fourth-order valence-electron chi connectivity index (χ4n) is 1.67. The lowest BCUT2D eigenvalue weighted by Gasteiger charge is -2.08. The number of nitrogens with one attached hydrogen (secondary N) is 2. The van der Waals surface area contributed by atoms with Crippen LogP contribution in [0.5, 0.6) is 0 Å². The molecule has 0 atom stereocenters. The van der Waals surface area contributed by atoms with Gasteiger partial charge < -0.3 is 10.6 Å². The summed E-state index contributed by atoms with van der Waals surface area (Å²) in [5, 5.41) is 12.4. The molecule has 3 aromatic rings. The Bertz CT molecular complexity index is 679. The van der Waals surface area contributed by atoms with Crippen LogP contribution in [0.4, 0.5) is 11.9 Å². The van der Waals surface area contributed by atoms with Crippen LogP contribution in [0, 0.1) is 0 Å². The van der Waals surface area contributed by atoms with Crippen molar-refractivity contribution in [2.24, 2.45) is 0 Å². The van der Waals surface area contributed by atoms with Crippen molar-refractivity contribution in [3.8, 4) is 5.95 Å². The molecular weight excluding hydrogens is 288 g/mol. The van der Waals surface area contributed by atoms with Gasteiger partial charge in [0.1, 0.15) is 0 Å². The van der Waals surface area contributed by atoms with E-state index in [4.69, 9.17) is 0 Å². The van der Waals surface area contributed by atoms with Crippen LogP contribution in [-0.2, 0) is 6.54 Å². The quantitative estimate of drug-likeness (QED) is 0.713. The second kappa shape index (κ2) is 6.27. The molecule has 0 aromatic carbocycles. The van der Waals surface area contributed by atoms with Gasteiger partial charge in [-0.3, -0.25) is 0 Å². The Hall–Kier alpha value is -2.55. The van der Waals surface area contributed by atoms with Crippen LogP contribution in [0.2, 0.25) is 0 Å². The Morgan fingerprint density at radius 3 is 2.71 bits per heavy atom. The smallest absolute Gasteiger partial charge is 0.257 e. The molecule has 0 radical (unpaired) electrons. The van der Waals surface area contributed by atoms with Crippen LogP contribution in [0.1, 0.15) is 12.6 Å². The van der Waals surface area contributed by atoms with E-state index in [2.05, 4.69) is 35.7 Å². The molecule has 0 aliphatic heterocycles. The van der Waals surface area contributed by atoms with Gasteiger partial charge >= 0.3 is 0 Å². The zero-order valence-corrected chi connectivity index (χ0v) is 12.2. The molecule has 0 bridgehead atoms. The second-order valence-corrected chi connectivity index (χ2v) is 4.82. The van der Waals surface area contributed by atoms with Gasteiger partial charge in [0.15, 0.2) is 0 Å². The normalized spacial score (nSPS) is 10.5. The molecule has 0 saturated carbocycles. The van der Waals surface area contributed by atoms with E-state index in [9.17, 15) is 0 Å². The molecule has 0 aliphatic carbocycles. The van der Waals surface area contributed by atoms with Crippen molar-refractivity contribution < 1.29 is 0 Å². The molecule has 2 N–H and O–H groups in total. The fourth-order valence-corrected chi connectivity index (χ4v) is 2.22. The minimum absolute atomic E-state index is 0.465. The molecule has 0 spiro atoms. The monoisotopic (exact) mass is 302 g/mol. The number of hydrogen-bond acceptors (Lipinski definition) is 8. The van der Waals surface area contributed by atoms with Crippen LogP contribution in [-0.4, -0.2) is 36.3 Å². The third-order valence-corrected chi connectivity index (χ3v) is 3.21. The van der Waals surface area contributed by atoms with Crippen molar-refractivity contribution in [2.45, 2.75) is 13.5 Å². The Morgan fingerprint density at radius 2 is 2.05 bits per heavy atom. The molecule has 0 saturated heterocycles. The number of hydrogen-bond donors (Lipinski definition) is 2. The van der Waals surface area contributed by atoms with Gasteiger partial charge in [0, 0.05) is 24.3 Å². The van der Waals surface area contributed by atoms with E-state index < -0.39 is 0 Å². The van der Waals surface area contributed by atoms with Crippen LogP contribution in [0.3, 0.4) is 0 Å². The summed E-state index contributed by atoms with van der Waals surface area (Å²) in [5.41, 5.74) is 2.75. The van der Waals surface area contributed by atoms with Gasteiger partial charge in [-0.1, -0.05) is 0 Å². The molecular formula is C12H14N8S. The topological polar surface area (TPSA) is 93.4 Å². The largest absolute Gasteiger partial charge is 0.354 e. The van der Waals surface area contributed by atoms with Gasteiger partial charge in [-0.2, -0.15) is 20.1 Å². The molecule has 0 unspecified atom stereocenters. The highest BCUT2D eigenvalue weighted by Gasteiger charge is 2.08. The fraction of sp³-hybridized carbons (Fsp3) is 0.250. The molecule has 3 heterocycles. The molecule has 0 fully saturated rings. The molecule has 3 rings (SSSR count). The molecule has 0 aliphatic rings. The molecule has 9 heteroatoms. The average molecular weight is 302 g/mol. The minimum Gasteiger partial charge on any atom is -0.354 e. The first-order valence-electron chi connectivity index (χ1n) is 6.46. The van der Waals surface area contributed by atoms with Crippen LogP contribution in [0.15, 0.2) is 29.4 Å². The molecule has 21 heavy (non-hydrogen) atoms. The lowest BCUT2D eigenvalue weighted by Crippen LogP contribution is -2.12. The number of anilines is 2. The first-order chi connectivity index (χ1) is 10.3.